The van der Waals surface area contributed by atoms with E-state index < -0.39 is 0 Å². The number of hydrogen-bond acceptors (Lipinski definition) is 3. The summed E-state index contributed by atoms with van der Waals surface area (Å²) in [6.07, 6.45) is 13.7. The zero-order valence-electron chi connectivity index (χ0n) is 13.7. The Morgan fingerprint density at radius 2 is 2.17 bits per heavy atom. The fourth-order valence-corrected chi connectivity index (χ4v) is 3.39. The van der Waals surface area contributed by atoms with Gasteiger partial charge in [0.25, 0.3) is 0 Å². The summed E-state index contributed by atoms with van der Waals surface area (Å²) >= 11 is 0. The molecule has 23 heavy (non-hydrogen) atoms. The monoisotopic (exact) mass is 314 g/mol. The largest absolute Gasteiger partial charge is 0.376 e. The summed E-state index contributed by atoms with van der Waals surface area (Å²) in [7, 11) is 0. The van der Waals surface area contributed by atoms with E-state index in [1.807, 2.05) is 29.3 Å². The lowest BCUT2D eigenvalue weighted by molar-refractivity contribution is -0.128. The number of carbonyl (C=O) groups excluding carboxylic acids is 1. The van der Waals surface area contributed by atoms with Crippen molar-refractivity contribution in [3.8, 4) is 0 Å². The van der Waals surface area contributed by atoms with Crippen LogP contribution in [0.2, 0.25) is 0 Å². The van der Waals surface area contributed by atoms with E-state index in [1.54, 1.807) is 6.20 Å². The van der Waals surface area contributed by atoms with E-state index in [4.69, 9.17) is 4.74 Å². The Hall–Kier alpha value is -1.68. The normalized spacial score (nSPS) is 21.2. The molecule has 0 aromatic carbocycles. The van der Waals surface area contributed by atoms with E-state index >= 15 is 0 Å². The molecule has 2 heterocycles. The lowest BCUT2D eigenvalue weighted by Gasteiger charge is -2.25. The van der Waals surface area contributed by atoms with E-state index in [2.05, 4.69) is 4.98 Å². The number of aromatic nitrogens is 1. The van der Waals surface area contributed by atoms with Gasteiger partial charge in [-0.3, -0.25) is 9.78 Å². The highest BCUT2D eigenvalue weighted by Crippen LogP contribution is 2.23. The van der Waals surface area contributed by atoms with E-state index in [0.717, 1.165) is 37.9 Å². The SMILES string of the molecule is O=C(C=C1CCCCC1)N(Cc1cccnc1)C[C@H]1CCCO1. The van der Waals surface area contributed by atoms with Gasteiger partial charge in [0.2, 0.25) is 5.91 Å². The first-order valence-electron chi connectivity index (χ1n) is 8.80. The van der Waals surface area contributed by atoms with Gasteiger partial charge >= 0.3 is 0 Å². The molecule has 1 atom stereocenters. The summed E-state index contributed by atoms with van der Waals surface area (Å²) in [5.74, 6) is 0.126. The molecule has 1 aromatic rings. The molecule has 1 saturated carbocycles. The number of carbonyl (C=O) groups is 1. The molecule has 1 saturated heterocycles. The maximum Gasteiger partial charge on any atom is 0.246 e. The van der Waals surface area contributed by atoms with Gasteiger partial charge in [-0.2, -0.15) is 0 Å². The van der Waals surface area contributed by atoms with Crippen LogP contribution in [0.4, 0.5) is 0 Å². The Labute approximate surface area is 138 Å². The maximum atomic E-state index is 12.8. The summed E-state index contributed by atoms with van der Waals surface area (Å²) in [4.78, 5) is 18.9. The minimum atomic E-state index is 0.126. The fraction of sp³-hybridized carbons (Fsp3) is 0.579. The van der Waals surface area contributed by atoms with Gasteiger partial charge in [-0.15, -0.1) is 0 Å². The number of allylic oxidation sites excluding steroid dienone is 1. The molecular formula is C19H26N2O2. The maximum absolute atomic E-state index is 12.8. The molecule has 0 bridgehead atoms. The first-order valence-corrected chi connectivity index (χ1v) is 8.80. The molecule has 1 aromatic heterocycles. The van der Waals surface area contributed by atoms with Crippen molar-refractivity contribution in [2.75, 3.05) is 13.2 Å². The molecule has 2 fully saturated rings. The van der Waals surface area contributed by atoms with Gasteiger partial charge in [-0.05, 0) is 50.2 Å². The molecule has 4 heteroatoms. The van der Waals surface area contributed by atoms with Gasteiger partial charge in [0, 0.05) is 38.2 Å². The molecule has 0 spiro atoms. The van der Waals surface area contributed by atoms with Crippen molar-refractivity contribution in [3.05, 3.63) is 41.7 Å². The molecule has 1 amide bonds. The van der Waals surface area contributed by atoms with Crippen molar-refractivity contribution in [1.29, 1.82) is 0 Å². The summed E-state index contributed by atoms with van der Waals surface area (Å²) in [6, 6.07) is 3.94. The molecule has 4 nitrogen and oxygen atoms in total. The molecule has 1 aliphatic carbocycles. The standard InChI is InChI=1S/C19H26N2O2/c22-19(12-16-6-2-1-3-7-16)21(15-18-9-5-11-23-18)14-17-8-4-10-20-13-17/h4,8,10,12-13,18H,1-3,5-7,9,11,14-15H2/t18-/m1/s1. The number of amides is 1. The Balaban J connectivity index is 1.68. The van der Waals surface area contributed by atoms with Gasteiger partial charge in [-0.25, -0.2) is 0 Å². The van der Waals surface area contributed by atoms with Crippen LogP contribution in [0, 0.1) is 0 Å². The Morgan fingerprint density at radius 1 is 1.30 bits per heavy atom. The zero-order chi connectivity index (χ0) is 15.9. The number of hydrogen-bond donors (Lipinski definition) is 0. The molecule has 0 radical (unpaired) electrons. The van der Waals surface area contributed by atoms with Gasteiger partial charge in [0.1, 0.15) is 0 Å². The Bertz CT molecular complexity index is 528. The third-order valence-corrected chi connectivity index (χ3v) is 4.68. The van der Waals surface area contributed by atoms with Crippen molar-refractivity contribution in [2.45, 2.75) is 57.6 Å². The van der Waals surface area contributed by atoms with Gasteiger partial charge in [0.05, 0.1) is 6.10 Å². The number of ether oxygens (including phenoxy) is 1. The molecule has 0 N–H and O–H groups in total. The average molecular weight is 314 g/mol. The van der Waals surface area contributed by atoms with Crippen LogP contribution in [0.25, 0.3) is 0 Å². The third kappa shape index (κ3) is 4.90. The zero-order valence-corrected chi connectivity index (χ0v) is 13.7. The van der Waals surface area contributed by atoms with E-state index in [9.17, 15) is 4.79 Å². The highest BCUT2D eigenvalue weighted by molar-refractivity contribution is 5.88. The molecule has 0 unspecified atom stereocenters. The topological polar surface area (TPSA) is 42.4 Å². The number of rotatable bonds is 5. The van der Waals surface area contributed by atoms with Crippen LogP contribution in [-0.4, -0.2) is 35.0 Å². The quantitative estimate of drug-likeness (QED) is 0.781. The summed E-state index contributed by atoms with van der Waals surface area (Å²) in [5.41, 5.74) is 2.38. The highest BCUT2D eigenvalue weighted by atomic mass is 16.5. The molecule has 3 rings (SSSR count). The van der Waals surface area contributed by atoms with Crippen molar-refractivity contribution >= 4 is 5.91 Å². The summed E-state index contributed by atoms with van der Waals surface area (Å²) in [6.45, 7) is 2.11. The van der Waals surface area contributed by atoms with Gasteiger partial charge in [-0.1, -0.05) is 18.1 Å². The van der Waals surface area contributed by atoms with E-state index in [0.29, 0.717) is 13.1 Å². The second-order valence-corrected chi connectivity index (χ2v) is 6.58. The Kier molecular flexibility index (Phi) is 5.81. The molecule has 1 aliphatic heterocycles. The first-order chi connectivity index (χ1) is 11.3. The summed E-state index contributed by atoms with van der Waals surface area (Å²) in [5, 5.41) is 0. The van der Waals surface area contributed by atoms with Crippen LogP contribution in [-0.2, 0) is 16.1 Å². The van der Waals surface area contributed by atoms with Crippen molar-refractivity contribution in [1.82, 2.24) is 9.88 Å². The van der Waals surface area contributed by atoms with Gasteiger partial charge < -0.3 is 9.64 Å². The third-order valence-electron chi connectivity index (χ3n) is 4.68. The van der Waals surface area contributed by atoms with E-state index in [1.165, 1.54) is 24.8 Å². The molecular weight excluding hydrogens is 288 g/mol. The highest BCUT2D eigenvalue weighted by Gasteiger charge is 2.22. The van der Waals surface area contributed by atoms with Crippen LogP contribution < -0.4 is 0 Å². The minimum Gasteiger partial charge on any atom is -0.376 e. The lowest BCUT2D eigenvalue weighted by Crippen LogP contribution is -2.36. The predicted molar refractivity (Wildman–Crippen MR) is 89.8 cm³/mol. The van der Waals surface area contributed by atoms with Crippen molar-refractivity contribution < 1.29 is 9.53 Å². The summed E-state index contributed by atoms with van der Waals surface area (Å²) < 4.78 is 5.73. The first kappa shape index (κ1) is 16.2. The molecule has 124 valence electrons. The van der Waals surface area contributed by atoms with Crippen molar-refractivity contribution in [2.24, 2.45) is 0 Å². The number of pyridine rings is 1. The van der Waals surface area contributed by atoms with Crippen LogP contribution in [0.3, 0.4) is 0 Å². The van der Waals surface area contributed by atoms with Crippen molar-refractivity contribution in [3.63, 3.8) is 0 Å². The number of nitrogens with zero attached hydrogens (tertiary/aromatic N) is 2. The average Bonchev–Trinajstić information content (AvgIpc) is 3.09. The smallest absolute Gasteiger partial charge is 0.246 e. The Morgan fingerprint density at radius 3 is 2.87 bits per heavy atom. The fourth-order valence-electron chi connectivity index (χ4n) is 3.39. The van der Waals surface area contributed by atoms with Crippen LogP contribution >= 0.6 is 0 Å². The van der Waals surface area contributed by atoms with E-state index in [-0.39, 0.29) is 12.0 Å². The predicted octanol–water partition coefficient (Wildman–Crippen LogP) is 3.48. The minimum absolute atomic E-state index is 0.126. The second-order valence-electron chi connectivity index (χ2n) is 6.58. The molecule has 2 aliphatic rings. The second kappa shape index (κ2) is 8.25. The van der Waals surface area contributed by atoms with Crippen LogP contribution in [0.5, 0.6) is 0 Å². The van der Waals surface area contributed by atoms with Crippen LogP contribution in [0.1, 0.15) is 50.5 Å². The van der Waals surface area contributed by atoms with Crippen LogP contribution in [0.15, 0.2) is 36.2 Å². The van der Waals surface area contributed by atoms with Gasteiger partial charge in [0.15, 0.2) is 0 Å². The lowest BCUT2D eigenvalue weighted by atomic mass is 9.94.